The van der Waals surface area contributed by atoms with Crippen molar-refractivity contribution in [1.82, 2.24) is 12.3 Å². The maximum atomic E-state index is 8.77. The fourth-order valence-corrected chi connectivity index (χ4v) is 0. The first kappa shape index (κ1) is 42.7. The molecule has 0 atom stereocenters. The van der Waals surface area contributed by atoms with Crippen molar-refractivity contribution in [3.63, 3.8) is 0 Å². The molecule has 0 spiro atoms. The van der Waals surface area contributed by atoms with Gasteiger partial charge >= 0.3 is 75.5 Å². The van der Waals surface area contributed by atoms with Crippen LogP contribution in [0.15, 0.2) is 0 Å². The molecule has 0 radical (unpaired) electrons. The maximum Gasteiger partial charge on any atom is 2.00 e. The molecule has 0 fully saturated rings. The van der Waals surface area contributed by atoms with Crippen LogP contribution in [0, 0.1) is 10.1 Å². The van der Waals surface area contributed by atoms with Crippen LogP contribution in [-0.2, 0) is 9.13 Å². The van der Waals surface area contributed by atoms with E-state index in [4.69, 9.17) is 53.8 Å². The Balaban J connectivity index is -0.0000000183. The van der Waals surface area contributed by atoms with Crippen LogP contribution in [0.25, 0.3) is 0 Å². The summed E-state index contributed by atoms with van der Waals surface area (Å²) >= 11 is 0. The molecule has 0 aromatic heterocycles. The number of phosphoric acid groups is 2. The van der Waals surface area contributed by atoms with Gasteiger partial charge in [-0.05, 0) is 0 Å². The Labute approximate surface area is 160 Å². The van der Waals surface area contributed by atoms with Gasteiger partial charge in [-0.3, -0.25) is 4.57 Å². The molecule has 14 nitrogen and oxygen atoms in total. The zero-order chi connectivity index (χ0) is 12.6. The topological polar surface area (TPSA) is 300 Å². The van der Waals surface area contributed by atoms with E-state index in [2.05, 4.69) is 0 Å². The molecule has 9 N–H and O–H groups in total. The molecule has 0 aliphatic carbocycles. The molecule has 0 aliphatic heterocycles. The molecule has 0 saturated heterocycles. The quantitative estimate of drug-likeness (QED) is 0.115. The fraction of sp³-hybridized carbons (Fsp3) is 0. The van der Waals surface area contributed by atoms with Crippen LogP contribution in [0.1, 0.15) is 0 Å². The van der Waals surface area contributed by atoms with Crippen LogP contribution in [0.5, 0.6) is 0 Å². The van der Waals surface area contributed by atoms with Crippen molar-refractivity contribution in [2.45, 2.75) is 0 Å². The molecule has 0 heterocycles. The summed E-state index contributed by atoms with van der Waals surface area (Å²) in [6.45, 7) is 0. The van der Waals surface area contributed by atoms with E-state index in [1.165, 1.54) is 0 Å². The summed E-state index contributed by atoms with van der Waals surface area (Å²) in [6.07, 6.45) is 0. The van der Waals surface area contributed by atoms with E-state index in [1.807, 2.05) is 0 Å². The number of nitrogens with zero attached hydrogens (tertiary/aromatic N) is 1. The Morgan fingerprint density at radius 1 is 0.889 bits per heavy atom. The van der Waals surface area contributed by atoms with Gasteiger partial charge in [-0.1, -0.05) is 0 Å². The smallest absolute Gasteiger partial charge is 0.822 e. The Morgan fingerprint density at radius 3 is 0.889 bits per heavy atom. The maximum absolute atomic E-state index is 8.77. The summed E-state index contributed by atoms with van der Waals surface area (Å²) < 4.78 is 17.3. The first-order valence-corrected chi connectivity index (χ1v) is 5.05. The normalized spacial score (nSPS) is 7.89. The van der Waals surface area contributed by atoms with Gasteiger partial charge in [-0.25, -0.2) is 0 Å². The van der Waals surface area contributed by atoms with Crippen molar-refractivity contribution in [2.75, 3.05) is 0 Å². The van der Waals surface area contributed by atoms with Gasteiger partial charge in [-0.2, -0.15) is 7.82 Å². The van der Waals surface area contributed by atoms with Gasteiger partial charge in [0.1, 0.15) is 0 Å². The predicted molar refractivity (Wildman–Crippen MR) is 50.0 cm³/mol. The monoisotopic (exact) mass is 369 g/mol. The second-order valence-electron chi connectivity index (χ2n) is 1.18. The average molecular weight is 369 g/mol. The van der Waals surface area contributed by atoms with Crippen LogP contribution in [-0.4, -0.2) is 95.6 Å². The van der Waals surface area contributed by atoms with E-state index in [0.29, 0.717) is 0 Å². The molecule has 18 heteroatoms. The number of rotatable bonds is 0. The Kier molecular flexibility index (Phi) is 50.2. The van der Waals surface area contributed by atoms with Crippen LogP contribution in [0.4, 0.5) is 0 Å². The van der Waals surface area contributed by atoms with Gasteiger partial charge in [0.25, 0.3) is 12.9 Å². The van der Waals surface area contributed by atoms with Crippen molar-refractivity contribution in [1.29, 1.82) is 0 Å². The second kappa shape index (κ2) is 21.2. The van der Waals surface area contributed by atoms with E-state index < -0.39 is 20.7 Å². The second-order valence-corrected chi connectivity index (χ2v) is 3.05. The third-order valence-corrected chi connectivity index (χ3v) is 0. The fourth-order valence-electron chi connectivity index (χ4n) is 0. The van der Waals surface area contributed by atoms with Crippen LogP contribution in [0.2, 0.25) is 0 Å². The van der Waals surface area contributed by atoms with Gasteiger partial charge in [0, 0.05) is 0 Å². The Hall–Kier alpha value is 1.86. The molecule has 18 heavy (non-hydrogen) atoms. The number of hydrogen-bond donors (Lipinski definition) is 5. The summed E-state index contributed by atoms with van der Waals surface area (Å²) in [5.74, 6) is 0. The molecule has 0 aliphatic rings. The van der Waals surface area contributed by atoms with Gasteiger partial charge in [0.2, 0.25) is 0 Å². The molecule has 0 rings (SSSR count). The molecule has 0 aromatic carbocycles. The van der Waals surface area contributed by atoms with Crippen LogP contribution >= 0.6 is 15.6 Å². The minimum absolute atomic E-state index is 0. The minimum atomic E-state index is -5.39. The van der Waals surface area contributed by atoms with Crippen molar-refractivity contribution >= 4 is 91.1 Å². The predicted octanol–water partition coefficient (Wildman–Crippen LogP) is -5.17. The SMILES string of the molecule is N.N.O=P([O-])(O)O.O=P([O-])([O-])[O-].O=[N+]([O-])O.[Ca+2].[Ca+2]. The first-order valence-electron chi connectivity index (χ1n) is 2.06. The minimum Gasteiger partial charge on any atom is -0.822 e. The van der Waals surface area contributed by atoms with Crippen LogP contribution < -0.4 is 31.9 Å². The molecule has 0 saturated carbocycles. The van der Waals surface area contributed by atoms with Crippen molar-refractivity contribution in [3.8, 4) is 0 Å². The summed E-state index contributed by atoms with van der Waals surface area (Å²) in [5, 5.41) is 13.6. The summed E-state index contributed by atoms with van der Waals surface area (Å²) in [4.78, 5) is 56.9. The summed E-state index contributed by atoms with van der Waals surface area (Å²) in [6, 6.07) is 0. The van der Waals surface area contributed by atoms with Gasteiger partial charge in [0.15, 0.2) is 0 Å². The molecule has 104 valence electrons. The van der Waals surface area contributed by atoms with E-state index >= 15 is 0 Å². The molecule has 0 aromatic rings. The Bertz CT molecular complexity index is 204. The third kappa shape index (κ3) is 1470. The molecule has 0 bridgehead atoms. The van der Waals surface area contributed by atoms with Gasteiger partial charge in [-0.15, -0.1) is 10.1 Å². The van der Waals surface area contributed by atoms with Gasteiger partial charge < -0.3 is 51.4 Å². The van der Waals surface area contributed by atoms with Crippen molar-refractivity contribution < 1.29 is 48.8 Å². The molecular formula is H9Ca2N3O11P2. The van der Waals surface area contributed by atoms with E-state index in [0.717, 1.165) is 0 Å². The average Bonchev–Trinajstić information content (AvgIpc) is 1.45. The van der Waals surface area contributed by atoms with E-state index in [9.17, 15) is 0 Å². The largest absolute Gasteiger partial charge is 2.00 e. The summed E-state index contributed by atoms with van der Waals surface area (Å²) in [5.41, 5.74) is 0. The zero-order valence-electron chi connectivity index (χ0n) is 8.78. The van der Waals surface area contributed by atoms with E-state index in [-0.39, 0.29) is 87.8 Å². The third-order valence-electron chi connectivity index (χ3n) is 0. The van der Waals surface area contributed by atoms with Gasteiger partial charge in [0.05, 0.1) is 0 Å². The van der Waals surface area contributed by atoms with Crippen LogP contribution in [0.3, 0.4) is 0 Å². The summed E-state index contributed by atoms with van der Waals surface area (Å²) in [7, 11) is -10.3. The van der Waals surface area contributed by atoms with Crippen molar-refractivity contribution in [2.24, 2.45) is 0 Å². The number of hydrogen-bond acceptors (Lipinski definition) is 10. The first-order chi connectivity index (χ1) is 5.73. The molecule has 0 amide bonds. The zero-order valence-corrected chi connectivity index (χ0v) is 15.0. The van der Waals surface area contributed by atoms with Crippen molar-refractivity contribution in [3.05, 3.63) is 10.1 Å². The molecular weight excluding hydrogens is 360 g/mol. The Morgan fingerprint density at radius 2 is 0.889 bits per heavy atom. The molecule has 0 unspecified atom stereocenters. The van der Waals surface area contributed by atoms with E-state index in [1.54, 1.807) is 0 Å². The standard InChI is InChI=1S/2Ca.HNO3.2H3N.2H3O4P/c;;2-1(3)4;;;2*1-5(2,3)4/h;;(H,2,3,4);2*1H3;2*(H3,1,2,3,4)/q2*+2;;;;;/p-4.